The van der Waals surface area contributed by atoms with E-state index in [9.17, 15) is 0 Å². The van der Waals surface area contributed by atoms with E-state index >= 15 is 0 Å². The summed E-state index contributed by atoms with van der Waals surface area (Å²) in [6, 6.07) is 12.2. The molecule has 2 rings (SSSR count). The Hall–Kier alpha value is -1.90. The molecule has 1 aromatic heterocycles. The number of anilines is 1. The van der Waals surface area contributed by atoms with Crippen molar-refractivity contribution in [2.45, 2.75) is 6.92 Å². The molecule has 0 saturated carbocycles. The fraction of sp³-hybridized carbons (Fsp3) is 0.231. The fourth-order valence-corrected chi connectivity index (χ4v) is 1.52. The lowest BCUT2D eigenvalue weighted by Crippen LogP contribution is -2.11. The van der Waals surface area contributed by atoms with E-state index in [-0.39, 0.29) is 0 Å². The molecule has 0 N–H and O–H groups in total. The second-order valence-corrected chi connectivity index (χ2v) is 4.04. The van der Waals surface area contributed by atoms with Gasteiger partial charge in [-0.3, -0.25) is 0 Å². The first-order chi connectivity index (χ1) is 7.66. The summed E-state index contributed by atoms with van der Waals surface area (Å²) in [5.74, 6) is 0.872. The van der Waals surface area contributed by atoms with Gasteiger partial charge in [-0.25, -0.2) is 0 Å². The number of hydrogen-bond acceptors (Lipinski definition) is 3. The molecule has 0 aliphatic carbocycles. The standard InChI is InChI=1S/C13H15N3/c1-10-5-4-6-11(9-10)12-7-8-13(15-14-12)16(2)3/h4-9H,1-3H3. The molecular weight excluding hydrogens is 198 g/mol. The van der Waals surface area contributed by atoms with E-state index in [2.05, 4.69) is 29.3 Å². The maximum absolute atomic E-state index is 4.22. The largest absolute Gasteiger partial charge is 0.361 e. The highest BCUT2D eigenvalue weighted by Gasteiger charge is 2.01. The van der Waals surface area contributed by atoms with Crippen LogP contribution in [-0.2, 0) is 0 Å². The van der Waals surface area contributed by atoms with Crippen molar-refractivity contribution in [2.75, 3.05) is 19.0 Å². The maximum atomic E-state index is 4.22. The number of nitrogens with zero attached hydrogens (tertiary/aromatic N) is 3. The normalized spacial score (nSPS) is 10.2. The second-order valence-electron chi connectivity index (χ2n) is 4.04. The summed E-state index contributed by atoms with van der Waals surface area (Å²) in [6.45, 7) is 2.07. The molecule has 0 bridgehead atoms. The van der Waals surface area contributed by atoms with Crippen molar-refractivity contribution in [2.24, 2.45) is 0 Å². The van der Waals surface area contributed by atoms with Crippen molar-refractivity contribution in [1.82, 2.24) is 10.2 Å². The molecule has 3 heteroatoms. The van der Waals surface area contributed by atoms with Crippen molar-refractivity contribution in [1.29, 1.82) is 0 Å². The molecule has 0 radical (unpaired) electrons. The van der Waals surface area contributed by atoms with Crippen molar-refractivity contribution in [3.63, 3.8) is 0 Å². The number of hydrogen-bond donors (Lipinski definition) is 0. The molecule has 16 heavy (non-hydrogen) atoms. The number of aromatic nitrogens is 2. The summed E-state index contributed by atoms with van der Waals surface area (Å²) in [4.78, 5) is 1.94. The van der Waals surface area contributed by atoms with Crippen LogP contribution in [0.4, 0.5) is 5.82 Å². The summed E-state index contributed by atoms with van der Waals surface area (Å²) < 4.78 is 0. The predicted molar refractivity (Wildman–Crippen MR) is 66.5 cm³/mol. The van der Waals surface area contributed by atoms with Gasteiger partial charge in [-0.05, 0) is 25.1 Å². The molecule has 0 fully saturated rings. The Bertz CT molecular complexity index is 475. The average molecular weight is 213 g/mol. The molecule has 0 saturated heterocycles. The third kappa shape index (κ3) is 2.19. The quantitative estimate of drug-likeness (QED) is 0.767. The Morgan fingerprint density at radius 2 is 1.81 bits per heavy atom. The van der Waals surface area contributed by atoms with Crippen molar-refractivity contribution in [3.8, 4) is 11.3 Å². The lowest BCUT2D eigenvalue weighted by Gasteiger charge is -2.10. The molecule has 2 aromatic rings. The minimum atomic E-state index is 0.872. The number of rotatable bonds is 2. The van der Waals surface area contributed by atoms with E-state index in [0.29, 0.717) is 0 Å². The topological polar surface area (TPSA) is 29.0 Å². The van der Waals surface area contributed by atoms with Crippen LogP contribution in [0.1, 0.15) is 5.56 Å². The SMILES string of the molecule is Cc1cccc(-c2ccc(N(C)C)nn2)c1. The molecular formula is C13H15N3. The zero-order chi connectivity index (χ0) is 11.5. The molecule has 0 aliphatic heterocycles. The summed E-state index contributed by atoms with van der Waals surface area (Å²) in [7, 11) is 3.91. The Kier molecular flexibility index (Phi) is 2.86. The highest BCUT2D eigenvalue weighted by molar-refractivity contribution is 5.60. The van der Waals surface area contributed by atoms with E-state index in [1.807, 2.05) is 43.3 Å². The van der Waals surface area contributed by atoms with Gasteiger partial charge in [0, 0.05) is 19.7 Å². The van der Waals surface area contributed by atoms with Crippen LogP contribution < -0.4 is 4.90 Å². The minimum Gasteiger partial charge on any atom is -0.361 e. The van der Waals surface area contributed by atoms with Gasteiger partial charge in [0.2, 0.25) is 0 Å². The van der Waals surface area contributed by atoms with Crippen molar-refractivity contribution < 1.29 is 0 Å². The van der Waals surface area contributed by atoms with Crippen molar-refractivity contribution >= 4 is 5.82 Å². The first kappa shape index (κ1) is 10.6. The smallest absolute Gasteiger partial charge is 0.150 e. The van der Waals surface area contributed by atoms with Crippen LogP contribution in [0.25, 0.3) is 11.3 Å². The van der Waals surface area contributed by atoms with Crippen LogP contribution in [0.2, 0.25) is 0 Å². The van der Waals surface area contributed by atoms with E-state index < -0.39 is 0 Å². The van der Waals surface area contributed by atoms with Gasteiger partial charge in [-0.15, -0.1) is 10.2 Å². The molecule has 3 nitrogen and oxygen atoms in total. The molecule has 0 spiro atoms. The number of benzene rings is 1. The zero-order valence-corrected chi connectivity index (χ0v) is 9.81. The second kappa shape index (κ2) is 4.31. The average Bonchev–Trinajstić information content (AvgIpc) is 2.29. The van der Waals surface area contributed by atoms with E-state index in [4.69, 9.17) is 0 Å². The van der Waals surface area contributed by atoms with Gasteiger partial charge in [-0.2, -0.15) is 0 Å². The van der Waals surface area contributed by atoms with Crippen LogP contribution in [0.5, 0.6) is 0 Å². The Labute approximate surface area is 95.8 Å². The lowest BCUT2D eigenvalue weighted by molar-refractivity contribution is 0.968. The van der Waals surface area contributed by atoms with Crippen molar-refractivity contribution in [3.05, 3.63) is 42.0 Å². The monoisotopic (exact) mass is 213 g/mol. The van der Waals surface area contributed by atoms with E-state index in [1.54, 1.807) is 0 Å². The molecule has 0 unspecified atom stereocenters. The maximum Gasteiger partial charge on any atom is 0.150 e. The Balaban J connectivity index is 2.35. The van der Waals surface area contributed by atoms with Crippen LogP contribution in [-0.4, -0.2) is 24.3 Å². The van der Waals surface area contributed by atoms with Crippen LogP contribution >= 0.6 is 0 Å². The molecule has 82 valence electrons. The first-order valence-electron chi connectivity index (χ1n) is 5.25. The van der Waals surface area contributed by atoms with E-state index in [0.717, 1.165) is 17.1 Å². The third-order valence-corrected chi connectivity index (χ3v) is 2.42. The zero-order valence-electron chi connectivity index (χ0n) is 9.81. The van der Waals surface area contributed by atoms with Gasteiger partial charge >= 0.3 is 0 Å². The Morgan fingerprint density at radius 3 is 2.38 bits per heavy atom. The summed E-state index contributed by atoms with van der Waals surface area (Å²) in [5, 5.41) is 8.38. The third-order valence-electron chi connectivity index (χ3n) is 2.42. The predicted octanol–water partition coefficient (Wildman–Crippen LogP) is 2.52. The van der Waals surface area contributed by atoms with Gasteiger partial charge < -0.3 is 4.90 Å². The summed E-state index contributed by atoms with van der Waals surface area (Å²) >= 11 is 0. The minimum absolute atomic E-state index is 0.872. The van der Waals surface area contributed by atoms with Crippen LogP contribution in [0.15, 0.2) is 36.4 Å². The Morgan fingerprint density at radius 1 is 1.00 bits per heavy atom. The lowest BCUT2D eigenvalue weighted by atomic mass is 10.1. The summed E-state index contributed by atoms with van der Waals surface area (Å²) in [5.41, 5.74) is 3.25. The van der Waals surface area contributed by atoms with Gasteiger partial charge in [0.05, 0.1) is 5.69 Å². The summed E-state index contributed by atoms with van der Waals surface area (Å²) in [6.07, 6.45) is 0. The molecule has 1 aromatic carbocycles. The van der Waals surface area contributed by atoms with Gasteiger partial charge in [0.1, 0.15) is 0 Å². The van der Waals surface area contributed by atoms with Crippen LogP contribution in [0.3, 0.4) is 0 Å². The molecule has 1 heterocycles. The fourth-order valence-electron chi connectivity index (χ4n) is 1.52. The molecule has 0 atom stereocenters. The highest BCUT2D eigenvalue weighted by Crippen LogP contribution is 2.18. The van der Waals surface area contributed by atoms with Gasteiger partial charge in [0.15, 0.2) is 5.82 Å². The van der Waals surface area contributed by atoms with E-state index in [1.165, 1.54) is 5.56 Å². The molecule has 0 aliphatic rings. The van der Waals surface area contributed by atoms with Gasteiger partial charge in [-0.1, -0.05) is 23.8 Å². The highest BCUT2D eigenvalue weighted by atomic mass is 15.2. The molecule has 0 amide bonds. The number of aryl methyl sites for hydroxylation is 1. The van der Waals surface area contributed by atoms with Crippen LogP contribution in [0, 0.1) is 6.92 Å². The van der Waals surface area contributed by atoms with Gasteiger partial charge in [0.25, 0.3) is 0 Å². The first-order valence-corrected chi connectivity index (χ1v) is 5.25.